The third kappa shape index (κ3) is 5.62. The zero-order valence-electron chi connectivity index (χ0n) is 16.6. The molecule has 0 aliphatic heterocycles. The van der Waals surface area contributed by atoms with Crippen LogP contribution in [0.4, 0.5) is 0 Å². The number of methoxy groups -OCH3 is 1. The van der Waals surface area contributed by atoms with Crippen LogP contribution in [0.5, 0.6) is 0 Å². The first-order chi connectivity index (χ1) is 14.1. The Morgan fingerprint density at radius 3 is 2.55 bits per heavy atom. The maximum absolute atomic E-state index is 12.3. The van der Waals surface area contributed by atoms with E-state index in [2.05, 4.69) is 15.6 Å². The van der Waals surface area contributed by atoms with E-state index in [0.717, 1.165) is 20.8 Å². The van der Waals surface area contributed by atoms with Crippen molar-refractivity contribution in [1.82, 2.24) is 15.6 Å². The van der Waals surface area contributed by atoms with Crippen molar-refractivity contribution in [1.29, 1.82) is 0 Å². The lowest BCUT2D eigenvalue weighted by Gasteiger charge is -2.23. The number of para-hydroxylation sites is 1. The molecule has 0 unspecified atom stereocenters. The molecule has 0 radical (unpaired) electrons. The second-order valence-corrected chi connectivity index (χ2v) is 7.87. The number of esters is 1. The van der Waals surface area contributed by atoms with E-state index in [1.165, 1.54) is 7.11 Å². The third-order valence-electron chi connectivity index (χ3n) is 4.71. The lowest BCUT2D eigenvalue weighted by Crippen LogP contribution is -2.40. The molecule has 1 amide bonds. The first-order valence-electron chi connectivity index (χ1n) is 9.56. The standard InChI is InChI=1S/C22H25N3O3S/c1-15(22(27)28-2)21(16-8-4-3-5-9-16)24-14-19(26)23-13-12-20-25-17-10-6-7-11-18(17)29-20/h3-11,15,21,24H,12-14H2,1-2H3,(H,23,26)/t15-,21+/m1/s1. The van der Waals surface area contributed by atoms with Gasteiger partial charge in [0.05, 0.1) is 34.8 Å². The molecule has 2 aromatic carbocycles. The fourth-order valence-corrected chi connectivity index (χ4v) is 4.13. The number of aromatic nitrogens is 1. The van der Waals surface area contributed by atoms with Crippen molar-refractivity contribution in [3.05, 3.63) is 65.2 Å². The van der Waals surface area contributed by atoms with Gasteiger partial charge in [-0.05, 0) is 17.7 Å². The Bertz CT molecular complexity index is 925. The molecule has 0 bridgehead atoms. The number of rotatable bonds is 9. The molecule has 29 heavy (non-hydrogen) atoms. The van der Waals surface area contributed by atoms with E-state index in [0.29, 0.717) is 13.0 Å². The molecule has 0 saturated carbocycles. The second kappa shape index (κ2) is 10.1. The lowest BCUT2D eigenvalue weighted by molar-refractivity contribution is -0.146. The van der Waals surface area contributed by atoms with Crippen LogP contribution in [-0.2, 0) is 20.7 Å². The minimum absolute atomic E-state index is 0.112. The van der Waals surface area contributed by atoms with Gasteiger partial charge in [-0.1, -0.05) is 49.4 Å². The largest absolute Gasteiger partial charge is 0.469 e. The molecule has 0 aliphatic carbocycles. The van der Waals surface area contributed by atoms with Crippen LogP contribution in [0.2, 0.25) is 0 Å². The topological polar surface area (TPSA) is 80.3 Å². The highest BCUT2D eigenvalue weighted by molar-refractivity contribution is 7.18. The van der Waals surface area contributed by atoms with Crippen LogP contribution in [0, 0.1) is 5.92 Å². The number of amides is 1. The molecule has 1 heterocycles. The van der Waals surface area contributed by atoms with Gasteiger partial charge in [-0.3, -0.25) is 9.59 Å². The fourth-order valence-electron chi connectivity index (χ4n) is 3.17. The Balaban J connectivity index is 1.52. The first kappa shape index (κ1) is 21.0. The monoisotopic (exact) mass is 411 g/mol. The van der Waals surface area contributed by atoms with Gasteiger partial charge in [0.15, 0.2) is 0 Å². The van der Waals surface area contributed by atoms with Gasteiger partial charge in [-0.2, -0.15) is 0 Å². The number of ether oxygens (including phenoxy) is 1. The van der Waals surface area contributed by atoms with Gasteiger partial charge in [0, 0.05) is 19.0 Å². The third-order valence-corrected chi connectivity index (χ3v) is 5.81. The van der Waals surface area contributed by atoms with Crippen molar-refractivity contribution in [3.8, 4) is 0 Å². The number of benzene rings is 2. The van der Waals surface area contributed by atoms with Gasteiger partial charge in [0.25, 0.3) is 0 Å². The number of hydrogen-bond donors (Lipinski definition) is 2. The Morgan fingerprint density at radius 2 is 1.83 bits per heavy atom. The average Bonchev–Trinajstić information content (AvgIpc) is 3.16. The van der Waals surface area contributed by atoms with Crippen LogP contribution in [0.25, 0.3) is 10.2 Å². The van der Waals surface area contributed by atoms with Crippen molar-refractivity contribution >= 4 is 33.4 Å². The highest BCUT2D eigenvalue weighted by atomic mass is 32.1. The number of carbonyl (C=O) groups excluding carboxylic acids is 2. The van der Waals surface area contributed by atoms with Gasteiger partial charge < -0.3 is 15.4 Å². The molecule has 0 fully saturated rings. The van der Waals surface area contributed by atoms with Gasteiger partial charge >= 0.3 is 5.97 Å². The van der Waals surface area contributed by atoms with Crippen LogP contribution < -0.4 is 10.6 Å². The van der Waals surface area contributed by atoms with Crippen molar-refractivity contribution < 1.29 is 14.3 Å². The molecule has 0 saturated heterocycles. The Hall–Kier alpha value is -2.77. The number of carbonyl (C=O) groups is 2. The van der Waals surface area contributed by atoms with Crippen molar-refractivity contribution in [2.45, 2.75) is 19.4 Å². The molecule has 0 aliphatic rings. The lowest BCUT2D eigenvalue weighted by atomic mass is 9.94. The summed E-state index contributed by atoms with van der Waals surface area (Å²) in [7, 11) is 1.37. The van der Waals surface area contributed by atoms with Gasteiger partial charge in [-0.25, -0.2) is 4.98 Å². The van der Waals surface area contributed by atoms with E-state index in [1.54, 1.807) is 18.3 Å². The number of nitrogens with zero attached hydrogens (tertiary/aromatic N) is 1. The number of fused-ring (bicyclic) bond motifs is 1. The van der Waals surface area contributed by atoms with E-state index in [4.69, 9.17) is 4.74 Å². The summed E-state index contributed by atoms with van der Waals surface area (Å²) in [5, 5.41) is 7.11. The van der Waals surface area contributed by atoms with E-state index >= 15 is 0 Å². The SMILES string of the molecule is COC(=O)[C@H](C)[C@H](NCC(=O)NCCc1nc2ccccc2s1)c1ccccc1. The zero-order valence-corrected chi connectivity index (χ0v) is 17.4. The van der Waals surface area contributed by atoms with Gasteiger partial charge in [-0.15, -0.1) is 11.3 Å². The summed E-state index contributed by atoms with van der Waals surface area (Å²) >= 11 is 1.64. The molecular weight excluding hydrogens is 386 g/mol. The quantitative estimate of drug-likeness (QED) is 0.529. The number of thiazole rings is 1. The molecular formula is C22H25N3O3S. The number of nitrogens with one attached hydrogen (secondary N) is 2. The van der Waals surface area contributed by atoms with E-state index in [-0.39, 0.29) is 24.5 Å². The molecule has 3 aromatic rings. The summed E-state index contributed by atoms with van der Waals surface area (Å²) in [5.74, 6) is -0.857. The van der Waals surface area contributed by atoms with Gasteiger partial charge in [0.2, 0.25) is 5.91 Å². The first-order valence-corrected chi connectivity index (χ1v) is 10.4. The van der Waals surface area contributed by atoms with E-state index in [9.17, 15) is 9.59 Å². The van der Waals surface area contributed by atoms with Crippen molar-refractivity contribution in [3.63, 3.8) is 0 Å². The highest BCUT2D eigenvalue weighted by Crippen LogP contribution is 2.23. The maximum Gasteiger partial charge on any atom is 0.310 e. The summed E-state index contributed by atoms with van der Waals surface area (Å²) in [4.78, 5) is 28.9. The van der Waals surface area contributed by atoms with Crippen LogP contribution in [0.15, 0.2) is 54.6 Å². The van der Waals surface area contributed by atoms with E-state index in [1.807, 2.05) is 54.6 Å². The molecule has 152 valence electrons. The fraction of sp³-hybridized carbons (Fsp3) is 0.318. The molecule has 3 rings (SSSR count). The summed E-state index contributed by atoms with van der Waals surface area (Å²) in [6.45, 7) is 2.42. The Kier molecular flexibility index (Phi) is 7.32. The molecule has 0 spiro atoms. The van der Waals surface area contributed by atoms with Gasteiger partial charge in [0.1, 0.15) is 0 Å². The number of hydrogen-bond acceptors (Lipinski definition) is 6. The van der Waals surface area contributed by atoms with Crippen LogP contribution in [-0.4, -0.2) is 37.1 Å². The Labute approximate surface area is 174 Å². The summed E-state index contributed by atoms with van der Waals surface area (Å²) in [5.41, 5.74) is 1.93. The van der Waals surface area contributed by atoms with E-state index < -0.39 is 5.92 Å². The highest BCUT2D eigenvalue weighted by Gasteiger charge is 2.26. The zero-order chi connectivity index (χ0) is 20.6. The van der Waals surface area contributed by atoms with Crippen LogP contribution in [0.3, 0.4) is 0 Å². The minimum Gasteiger partial charge on any atom is -0.469 e. The van der Waals surface area contributed by atoms with Crippen LogP contribution >= 0.6 is 11.3 Å². The summed E-state index contributed by atoms with van der Waals surface area (Å²) in [6, 6.07) is 17.3. The molecule has 6 nitrogen and oxygen atoms in total. The molecule has 7 heteroatoms. The molecule has 2 atom stereocenters. The predicted octanol–water partition coefficient (Wildman–Crippen LogP) is 3.10. The normalized spacial score (nSPS) is 13.0. The second-order valence-electron chi connectivity index (χ2n) is 6.76. The smallest absolute Gasteiger partial charge is 0.310 e. The molecule has 2 N–H and O–H groups in total. The summed E-state index contributed by atoms with van der Waals surface area (Å²) in [6.07, 6.45) is 0.686. The van der Waals surface area contributed by atoms with Crippen molar-refractivity contribution in [2.24, 2.45) is 5.92 Å². The maximum atomic E-state index is 12.3. The predicted molar refractivity (Wildman–Crippen MR) is 115 cm³/mol. The average molecular weight is 412 g/mol. The van der Waals surface area contributed by atoms with Crippen molar-refractivity contribution in [2.75, 3.05) is 20.2 Å². The Morgan fingerprint density at radius 1 is 1.10 bits per heavy atom. The summed E-state index contributed by atoms with van der Waals surface area (Å²) < 4.78 is 6.03. The minimum atomic E-state index is -0.419. The molecule has 1 aromatic heterocycles. The van der Waals surface area contributed by atoms with Crippen LogP contribution in [0.1, 0.15) is 23.5 Å².